The Labute approximate surface area is 202 Å². The highest BCUT2D eigenvalue weighted by molar-refractivity contribution is 6.32. The Morgan fingerprint density at radius 3 is 2.53 bits per heavy atom. The summed E-state index contributed by atoms with van der Waals surface area (Å²) < 4.78 is 17.1. The fraction of sp³-hybridized carbons (Fsp3) is 0.385. The standard InChI is InChI=1S/C26H27ClN2O5/c1-3-33-18-6-4-17(5-7-18)23-22-24(30)19-15-20(27)16(2)14-21(19)34-25(22)26(31)29(23)9-8-28-10-12-32-13-11-28/h4-7,14-15,23H,3,8-13H2,1-2H3. The Morgan fingerprint density at radius 1 is 1.09 bits per heavy atom. The van der Waals surface area contributed by atoms with Crippen molar-refractivity contribution in [1.29, 1.82) is 0 Å². The van der Waals surface area contributed by atoms with Gasteiger partial charge in [0, 0.05) is 31.2 Å². The summed E-state index contributed by atoms with van der Waals surface area (Å²) in [6.45, 7) is 8.49. The number of carbonyl (C=O) groups is 1. The normalized spacial score (nSPS) is 18.5. The Kier molecular flexibility index (Phi) is 6.34. The van der Waals surface area contributed by atoms with Crippen LogP contribution in [0.3, 0.4) is 0 Å². The van der Waals surface area contributed by atoms with Crippen LogP contribution in [0.25, 0.3) is 11.0 Å². The minimum absolute atomic E-state index is 0.111. The van der Waals surface area contributed by atoms with Crippen LogP contribution in [-0.2, 0) is 4.74 Å². The summed E-state index contributed by atoms with van der Waals surface area (Å²) in [4.78, 5) is 31.3. The van der Waals surface area contributed by atoms with E-state index in [4.69, 9.17) is 25.5 Å². The molecule has 1 atom stereocenters. The maximum atomic E-state index is 13.7. The molecule has 1 unspecified atom stereocenters. The number of hydrogen-bond donors (Lipinski definition) is 0. The molecule has 1 fully saturated rings. The van der Waals surface area contributed by atoms with Crippen LogP contribution < -0.4 is 10.2 Å². The van der Waals surface area contributed by atoms with E-state index < -0.39 is 6.04 Å². The first-order valence-corrected chi connectivity index (χ1v) is 12.0. The van der Waals surface area contributed by atoms with Gasteiger partial charge in [-0.2, -0.15) is 0 Å². The van der Waals surface area contributed by atoms with Crippen LogP contribution in [-0.4, -0.2) is 61.7 Å². The molecule has 8 heteroatoms. The van der Waals surface area contributed by atoms with Crippen molar-refractivity contribution in [2.24, 2.45) is 0 Å². The Hall–Kier alpha value is -2.87. The zero-order chi connectivity index (χ0) is 23.8. The molecule has 0 saturated carbocycles. The number of halogens is 1. The van der Waals surface area contributed by atoms with Crippen LogP contribution >= 0.6 is 11.6 Å². The van der Waals surface area contributed by atoms with Crippen LogP contribution in [0.15, 0.2) is 45.6 Å². The fourth-order valence-corrected chi connectivity index (χ4v) is 4.87. The van der Waals surface area contributed by atoms with Gasteiger partial charge in [-0.1, -0.05) is 23.7 Å². The first-order chi connectivity index (χ1) is 16.5. The molecule has 5 rings (SSSR count). The molecule has 0 N–H and O–H groups in total. The quantitative estimate of drug-likeness (QED) is 0.528. The lowest BCUT2D eigenvalue weighted by atomic mass is 9.98. The molecule has 0 aliphatic carbocycles. The second-order valence-corrected chi connectivity index (χ2v) is 9.04. The zero-order valence-electron chi connectivity index (χ0n) is 19.3. The van der Waals surface area contributed by atoms with E-state index >= 15 is 0 Å². The van der Waals surface area contributed by atoms with E-state index in [1.54, 1.807) is 17.0 Å². The van der Waals surface area contributed by atoms with E-state index in [2.05, 4.69) is 4.90 Å². The van der Waals surface area contributed by atoms with Crippen LogP contribution in [0.2, 0.25) is 5.02 Å². The van der Waals surface area contributed by atoms with E-state index in [-0.39, 0.29) is 17.1 Å². The molecule has 2 aliphatic rings. The average Bonchev–Trinajstić information content (AvgIpc) is 3.12. The lowest BCUT2D eigenvalue weighted by molar-refractivity contribution is 0.0314. The predicted molar refractivity (Wildman–Crippen MR) is 130 cm³/mol. The first kappa shape index (κ1) is 22.9. The topological polar surface area (TPSA) is 72.2 Å². The SMILES string of the molecule is CCOc1ccc(C2c3c(oc4cc(C)c(Cl)cc4c3=O)C(=O)N2CCN2CCOCC2)cc1. The lowest BCUT2D eigenvalue weighted by Crippen LogP contribution is -2.42. The van der Waals surface area contributed by atoms with Crippen molar-refractivity contribution in [1.82, 2.24) is 9.80 Å². The molecule has 0 bridgehead atoms. The number of amides is 1. The van der Waals surface area contributed by atoms with E-state index in [0.717, 1.165) is 30.0 Å². The number of morpholine rings is 1. The summed E-state index contributed by atoms with van der Waals surface area (Å²) in [5.74, 6) is 0.581. The largest absolute Gasteiger partial charge is 0.494 e. The Balaban J connectivity index is 1.59. The Morgan fingerprint density at radius 2 is 1.82 bits per heavy atom. The van der Waals surface area contributed by atoms with Crippen molar-refractivity contribution in [2.45, 2.75) is 19.9 Å². The highest BCUT2D eigenvalue weighted by Gasteiger charge is 2.42. The minimum atomic E-state index is -0.542. The average molecular weight is 483 g/mol. The summed E-state index contributed by atoms with van der Waals surface area (Å²) in [6, 6.07) is 10.4. The molecule has 2 aliphatic heterocycles. The van der Waals surface area contributed by atoms with Gasteiger partial charge in [-0.3, -0.25) is 14.5 Å². The van der Waals surface area contributed by atoms with Crippen molar-refractivity contribution in [2.75, 3.05) is 46.0 Å². The first-order valence-electron chi connectivity index (χ1n) is 11.6. The summed E-state index contributed by atoms with van der Waals surface area (Å²) in [5, 5.41) is 0.874. The molecule has 0 spiro atoms. The molecular weight excluding hydrogens is 456 g/mol. The number of nitrogens with zero attached hydrogens (tertiary/aromatic N) is 2. The number of benzene rings is 2. The monoisotopic (exact) mass is 482 g/mol. The second kappa shape index (κ2) is 9.41. The Bertz CT molecular complexity index is 1280. The summed E-state index contributed by atoms with van der Waals surface area (Å²) in [5.41, 5.74) is 2.14. The summed E-state index contributed by atoms with van der Waals surface area (Å²) in [7, 11) is 0. The van der Waals surface area contributed by atoms with Gasteiger partial charge in [0.05, 0.1) is 36.8 Å². The molecule has 2 aromatic carbocycles. The van der Waals surface area contributed by atoms with Crippen molar-refractivity contribution in [3.8, 4) is 5.75 Å². The van der Waals surface area contributed by atoms with Crippen LogP contribution in [0.5, 0.6) is 5.75 Å². The second-order valence-electron chi connectivity index (χ2n) is 8.63. The van der Waals surface area contributed by atoms with Gasteiger partial charge in [-0.15, -0.1) is 0 Å². The van der Waals surface area contributed by atoms with E-state index in [1.807, 2.05) is 38.1 Å². The van der Waals surface area contributed by atoms with E-state index in [9.17, 15) is 9.59 Å². The number of fused-ring (bicyclic) bond motifs is 2. The van der Waals surface area contributed by atoms with Crippen LogP contribution in [0, 0.1) is 6.92 Å². The van der Waals surface area contributed by atoms with Gasteiger partial charge in [0.25, 0.3) is 5.91 Å². The lowest BCUT2D eigenvalue weighted by Gasteiger charge is -2.31. The molecular formula is C26H27ClN2O5. The van der Waals surface area contributed by atoms with Gasteiger partial charge >= 0.3 is 0 Å². The number of rotatable bonds is 6. The van der Waals surface area contributed by atoms with Crippen molar-refractivity contribution in [3.63, 3.8) is 0 Å². The maximum absolute atomic E-state index is 13.7. The summed E-state index contributed by atoms with van der Waals surface area (Å²) >= 11 is 6.32. The third kappa shape index (κ3) is 4.08. The smallest absolute Gasteiger partial charge is 0.290 e. The minimum Gasteiger partial charge on any atom is -0.494 e. The van der Waals surface area contributed by atoms with Crippen molar-refractivity contribution in [3.05, 3.63) is 74.1 Å². The molecule has 1 aromatic heterocycles. The van der Waals surface area contributed by atoms with E-state index in [0.29, 0.717) is 54.5 Å². The van der Waals surface area contributed by atoms with Gasteiger partial charge in [-0.05, 0) is 49.2 Å². The molecule has 3 heterocycles. The maximum Gasteiger partial charge on any atom is 0.290 e. The molecule has 34 heavy (non-hydrogen) atoms. The van der Waals surface area contributed by atoms with Crippen LogP contribution in [0.1, 0.15) is 40.2 Å². The summed E-state index contributed by atoms with van der Waals surface area (Å²) in [6.07, 6.45) is 0. The molecule has 3 aromatic rings. The van der Waals surface area contributed by atoms with Crippen molar-refractivity contribution < 1.29 is 18.7 Å². The van der Waals surface area contributed by atoms with E-state index in [1.165, 1.54) is 0 Å². The van der Waals surface area contributed by atoms with Gasteiger partial charge in [0.15, 0.2) is 5.43 Å². The molecule has 1 amide bonds. The number of hydrogen-bond acceptors (Lipinski definition) is 6. The highest BCUT2D eigenvalue weighted by atomic mass is 35.5. The third-order valence-electron chi connectivity index (χ3n) is 6.51. The highest BCUT2D eigenvalue weighted by Crippen LogP contribution is 2.39. The molecule has 178 valence electrons. The van der Waals surface area contributed by atoms with Crippen LogP contribution in [0.4, 0.5) is 0 Å². The van der Waals surface area contributed by atoms with Gasteiger partial charge in [0.2, 0.25) is 5.76 Å². The number of carbonyl (C=O) groups excluding carboxylic acids is 1. The van der Waals surface area contributed by atoms with Gasteiger partial charge < -0.3 is 18.8 Å². The number of aryl methyl sites for hydroxylation is 1. The molecule has 1 saturated heterocycles. The fourth-order valence-electron chi connectivity index (χ4n) is 4.70. The zero-order valence-corrected chi connectivity index (χ0v) is 20.1. The predicted octanol–water partition coefficient (Wildman–Crippen LogP) is 4.03. The molecule has 7 nitrogen and oxygen atoms in total. The number of ether oxygens (including phenoxy) is 2. The van der Waals surface area contributed by atoms with Gasteiger partial charge in [-0.25, -0.2) is 0 Å². The van der Waals surface area contributed by atoms with Gasteiger partial charge in [0.1, 0.15) is 11.3 Å². The third-order valence-corrected chi connectivity index (χ3v) is 6.92. The molecule has 0 radical (unpaired) electrons. The van der Waals surface area contributed by atoms with Crippen molar-refractivity contribution >= 4 is 28.5 Å².